The van der Waals surface area contributed by atoms with Crippen molar-refractivity contribution in [1.82, 2.24) is 16.0 Å². The van der Waals surface area contributed by atoms with Gasteiger partial charge in [0.2, 0.25) is 6.10 Å². The third kappa shape index (κ3) is 6.77. The van der Waals surface area contributed by atoms with Crippen LogP contribution in [-0.4, -0.2) is 30.9 Å². The van der Waals surface area contributed by atoms with Gasteiger partial charge in [-0.2, -0.15) is 0 Å². The van der Waals surface area contributed by atoms with Crippen molar-refractivity contribution in [3.63, 3.8) is 0 Å². The molecular formula is C26H25N3O5. The van der Waals surface area contributed by atoms with Gasteiger partial charge in [-0.05, 0) is 17.7 Å². The Morgan fingerprint density at radius 1 is 0.765 bits per heavy atom. The summed E-state index contributed by atoms with van der Waals surface area (Å²) in [4.78, 5) is 50.0. The van der Waals surface area contributed by atoms with Gasteiger partial charge in [0.25, 0.3) is 11.8 Å². The summed E-state index contributed by atoms with van der Waals surface area (Å²) in [6.45, 7) is 0. The zero-order chi connectivity index (χ0) is 24.3. The Morgan fingerprint density at radius 2 is 1.29 bits per heavy atom. The van der Waals surface area contributed by atoms with Crippen LogP contribution >= 0.6 is 0 Å². The average Bonchev–Trinajstić information content (AvgIpc) is 2.88. The SMILES string of the molecule is CNC(=O)NC(=O)C(OC(=O)CC(NC(=O)c1ccccc1)c1ccccc1)c1ccccc1. The number of hydrogen-bond donors (Lipinski definition) is 3. The summed E-state index contributed by atoms with van der Waals surface area (Å²) in [5.74, 6) is -1.86. The lowest BCUT2D eigenvalue weighted by Gasteiger charge is -2.21. The summed E-state index contributed by atoms with van der Waals surface area (Å²) in [6, 6.07) is 24.6. The maximum Gasteiger partial charge on any atom is 0.321 e. The molecule has 0 aliphatic rings. The van der Waals surface area contributed by atoms with Crippen molar-refractivity contribution in [3.8, 4) is 0 Å². The Bertz CT molecular complexity index is 1120. The van der Waals surface area contributed by atoms with Crippen molar-refractivity contribution in [1.29, 1.82) is 0 Å². The highest BCUT2D eigenvalue weighted by atomic mass is 16.5. The molecular weight excluding hydrogens is 434 g/mol. The number of benzene rings is 3. The normalized spacial score (nSPS) is 12.0. The van der Waals surface area contributed by atoms with E-state index in [2.05, 4.69) is 16.0 Å². The van der Waals surface area contributed by atoms with Gasteiger partial charge in [-0.3, -0.25) is 19.7 Å². The zero-order valence-corrected chi connectivity index (χ0v) is 18.6. The van der Waals surface area contributed by atoms with Crippen LogP contribution in [-0.2, 0) is 14.3 Å². The number of rotatable bonds is 8. The minimum absolute atomic E-state index is 0.223. The van der Waals surface area contributed by atoms with Crippen molar-refractivity contribution in [2.24, 2.45) is 0 Å². The number of amides is 4. The molecule has 0 radical (unpaired) electrons. The van der Waals surface area contributed by atoms with Crippen molar-refractivity contribution in [2.75, 3.05) is 7.05 Å². The molecule has 2 unspecified atom stereocenters. The monoisotopic (exact) mass is 459 g/mol. The number of nitrogens with one attached hydrogen (secondary N) is 3. The summed E-state index contributed by atoms with van der Waals surface area (Å²) in [7, 11) is 1.37. The van der Waals surface area contributed by atoms with E-state index in [0.29, 0.717) is 16.7 Å². The molecule has 174 valence electrons. The highest BCUT2D eigenvalue weighted by Gasteiger charge is 2.28. The Hall–Kier alpha value is -4.46. The van der Waals surface area contributed by atoms with Gasteiger partial charge in [0, 0.05) is 18.2 Å². The van der Waals surface area contributed by atoms with E-state index in [4.69, 9.17) is 4.74 Å². The van der Waals surface area contributed by atoms with E-state index >= 15 is 0 Å². The second kappa shape index (κ2) is 12.0. The number of carbonyl (C=O) groups excluding carboxylic acids is 4. The van der Waals surface area contributed by atoms with Crippen LogP contribution in [0.2, 0.25) is 0 Å². The number of imide groups is 1. The average molecular weight is 460 g/mol. The summed E-state index contributed by atoms with van der Waals surface area (Å²) in [5.41, 5.74) is 1.56. The summed E-state index contributed by atoms with van der Waals surface area (Å²) in [6.07, 6.45) is -1.56. The third-order valence-corrected chi connectivity index (χ3v) is 4.97. The van der Waals surface area contributed by atoms with Gasteiger partial charge in [-0.25, -0.2) is 4.79 Å². The Balaban J connectivity index is 1.79. The van der Waals surface area contributed by atoms with Crippen LogP contribution in [0.25, 0.3) is 0 Å². The Kier molecular flexibility index (Phi) is 8.51. The van der Waals surface area contributed by atoms with E-state index < -0.39 is 30.1 Å². The Morgan fingerprint density at radius 3 is 1.85 bits per heavy atom. The van der Waals surface area contributed by atoms with E-state index in [1.165, 1.54) is 7.05 Å². The fourth-order valence-corrected chi connectivity index (χ4v) is 3.26. The van der Waals surface area contributed by atoms with Gasteiger partial charge in [-0.15, -0.1) is 0 Å². The first-order valence-corrected chi connectivity index (χ1v) is 10.7. The minimum atomic E-state index is -1.34. The molecule has 0 aromatic heterocycles. The standard InChI is InChI=1S/C26H25N3O5/c1-27-26(33)29-25(32)23(19-13-7-3-8-14-19)34-22(30)17-21(18-11-5-2-6-12-18)28-24(31)20-15-9-4-10-16-20/h2-16,21,23H,17H2,1H3,(H,28,31)(H2,27,29,32,33). The van der Waals surface area contributed by atoms with Gasteiger partial charge in [0.1, 0.15) is 0 Å². The molecule has 34 heavy (non-hydrogen) atoms. The molecule has 3 aromatic carbocycles. The molecule has 8 heteroatoms. The van der Waals surface area contributed by atoms with Crippen LogP contribution in [0.1, 0.15) is 40.1 Å². The lowest BCUT2D eigenvalue weighted by molar-refractivity contribution is -0.156. The fraction of sp³-hybridized carbons (Fsp3) is 0.154. The topological polar surface area (TPSA) is 114 Å². The number of hydrogen-bond acceptors (Lipinski definition) is 5. The maximum atomic E-state index is 12.9. The number of ether oxygens (including phenoxy) is 1. The highest BCUT2D eigenvalue weighted by molar-refractivity contribution is 5.98. The van der Waals surface area contributed by atoms with Gasteiger partial charge < -0.3 is 15.4 Å². The largest absolute Gasteiger partial charge is 0.447 e. The second-order valence-corrected chi connectivity index (χ2v) is 7.36. The van der Waals surface area contributed by atoms with Crippen molar-refractivity contribution in [2.45, 2.75) is 18.6 Å². The first-order chi connectivity index (χ1) is 16.5. The van der Waals surface area contributed by atoms with Gasteiger partial charge in [0.15, 0.2) is 0 Å². The van der Waals surface area contributed by atoms with E-state index in [-0.39, 0.29) is 12.3 Å². The smallest absolute Gasteiger partial charge is 0.321 e. The molecule has 4 amide bonds. The van der Waals surface area contributed by atoms with E-state index in [1.54, 1.807) is 84.9 Å². The van der Waals surface area contributed by atoms with Crippen LogP contribution in [0.3, 0.4) is 0 Å². The number of esters is 1. The Labute approximate surface area is 197 Å². The summed E-state index contributed by atoms with van der Waals surface area (Å²) >= 11 is 0. The fourth-order valence-electron chi connectivity index (χ4n) is 3.26. The van der Waals surface area contributed by atoms with Crippen LogP contribution in [0.4, 0.5) is 4.79 Å². The predicted octanol–water partition coefficient (Wildman–Crippen LogP) is 3.29. The third-order valence-electron chi connectivity index (χ3n) is 4.97. The van der Waals surface area contributed by atoms with Gasteiger partial charge in [0.05, 0.1) is 12.5 Å². The van der Waals surface area contributed by atoms with Crippen LogP contribution in [0, 0.1) is 0 Å². The molecule has 2 atom stereocenters. The van der Waals surface area contributed by atoms with Crippen molar-refractivity contribution >= 4 is 23.8 Å². The van der Waals surface area contributed by atoms with E-state index in [1.807, 2.05) is 6.07 Å². The molecule has 0 aliphatic carbocycles. The van der Waals surface area contributed by atoms with Crippen molar-refractivity contribution in [3.05, 3.63) is 108 Å². The van der Waals surface area contributed by atoms with Crippen LogP contribution in [0.5, 0.6) is 0 Å². The predicted molar refractivity (Wildman–Crippen MR) is 126 cm³/mol. The van der Waals surface area contributed by atoms with E-state index in [9.17, 15) is 19.2 Å². The molecule has 8 nitrogen and oxygen atoms in total. The first-order valence-electron chi connectivity index (χ1n) is 10.7. The molecule has 3 aromatic rings. The lowest BCUT2D eigenvalue weighted by Crippen LogP contribution is -2.41. The second-order valence-electron chi connectivity index (χ2n) is 7.36. The number of carbonyl (C=O) groups is 4. The molecule has 0 spiro atoms. The van der Waals surface area contributed by atoms with Gasteiger partial charge in [-0.1, -0.05) is 78.9 Å². The maximum absolute atomic E-state index is 12.9. The summed E-state index contributed by atoms with van der Waals surface area (Å²) in [5, 5.41) is 7.28. The summed E-state index contributed by atoms with van der Waals surface area (Å²) < 4.78 is 5.50. The molecule has 3 N–H and O–H groups in total. The highest BCUT2D eigenvalue weighted by Crippen LogP contribution is 2.23. The number of urea groups is 1. The molecule has 0 fully saturated rings. The minimum Gasteiger partial charge on any atom is -0.447 e. The van der Waals surface area contributed by atoms with Gasteiger partial charge >= 0.3 is 12.0 Å². The molecule has 0 saturated carbocycles. The quantitative estimate of drug-likeness (QED) is 0.448. The van der Waals surface area contributed by atoms with E-state index in [0.717, 1.165) is 0 Å². The first kappa shape index (κ1) is 24.2. The molecule has 0 aliphatic heterocycles. The molecule has 0 saturated heterocycles. The molecule has 0 bridgehead atoms. The lowest BCUT2D eigenvalue weighted by atomic mass is 10.0. The van der Waals surface area contributed by atoms with Crippen LogP contribution in [0.15, 0.2) is 91.0 Å². The molecule has 3 rings (SSSR count). The molecule has 0 heterocycles. The van der Waals surface area contributed by atoms with Crippen molar-refractivity contribution < 1.29 is 23.9 Å². The van der Waals surface area contributed by atoms with Crippen LogP contribution < -0.4 is 16.0 Å². The zero-order valence-electron chi connectivity index (χ0n) is 18.6.